The van der Waals surface area contributed by atoms with E-state index in [4.69, 9.17) is 14.6 Å². The maximum absolute atomic E-state index is 12.7. The van der Waals surface area contributed by atoms with Gasteiger partial charge in [0.1, 0.15) is 11.5 Å². The molecule has 1 unspecified atom stereocenters. The average molecular weight is 364 g/mol. The molecule has 7 heteroatoms. The van der Waals surface area contributed by atoms with E-state index in [0.717, 1.165) is 18.4 Å². The van der Waals surface area contributed by atoms with Crippen LogP contribution in [0.4, 0.5) is 4.79 Å². The number of carboxylic acids is 1. The van der Waals surface area contributed by atoms with Gasteiger partial charge < -0.3 is 24.8 Å². The van der Waals surface area contributed by atoms with Crippen molar-refractivity contribution in [3.8, 4) is 11.5 Å². The van der Waals surface area contributed by atoms with Gasteiger partial charge in [0.2, 0.25) is 0 Å². The second-order valence-electron chi connectivity index (χ2n) is 6.61. The summed E-state index contributed by atoms with van der Waals surface area (Å²) in [5, 5.41) is 11.5. The molecule has 1 aromatic rings. The zero-order valence-electron chi connectivity index (χ0n) is 15.7. The first-order valence-corrected chi connectivity index (χ1v) is 8.93. The Labute approximate surface area is 154 Å². The number of amides is 2. The number of carbonyl (C=O) groups is 2. The summed E-state index contributed by atoms with van der Waals surface area (Å²) in [6.45, 7) is 2.83. The van der Waals surface area contributed by atoms with Crippen molar-refractivity contribution in [3.05, 3.63) is 23.8 Å². The van der Waals surface area contributed by atoms with Crippen molar-refractivity contribution < 1.29 is 24.2 Å². The Morgan fingerprint density at radius 3 is 2.62 bits per heavy atom. The molecule has 144 valence electrons. The number of carboxylic acid groups (broad SMARTS) is 1. The van der Waals surface area contributed by atoms with Gasteiger partial charge in [0.25, 0.3) is 0 Å². The Morgan fingerprint density at radius 1 is 1.31 bits per heavy atom. The highest BCUT2D eigenvalue weighted by Gasteiger charge is 2.34. The molecule has 26 heavy (non-hydrogen) atoms. The van der Waals surface area contributed by atoms with Crippen LogP contribution in [-0.2, 0) is 11.3 Å². The van der Waals surface area contributed by atoms with Gasteiger partial charge in [-0.1, -0.05) is 0 Å². The van der Waals surface area contributed by atoms with E-state index in [2.05, 4.69) is 12.2 Å². The Hall–Kier alpha value is -2.44. The van der Waals surface area contributed by atoms with Gasteiger partial charge in [-0.15, -0.1) is 0 Å². The summed E-state index contributed by atoms with van der Waals surface area (Å²) in [6, 6.07) is 5.50. The van der Waals surface area contributed by atoms with Gasteiger partial charge in [0, 0.05) is 30.6 Å². The van der Waals surface area contributed by atoms with Crippen LogP contribution in [0.15, 0.2) is 18.2 Å². The van der Waals surface area contributed by atoms with Crippen molar-refractivity contribution in [2.24, 2.45) is 5.92 Å². The monoisotopic (exact) mass is 364 g/mol. The number of nitrogens with zero attached hydrogens (tertiary/aromatic N) is 1. The molecule has 2 amide bonds. The van der Waals surface area contributed by atoms with Crippen molar-refractivity contribution in [2.45, 2.75) is 45.2 Å². The van der Waals surface area contributed by atoms with Gasteiger partial charge in [-0.3, -0.25) is 4.79 Å². The molecule has 0 aromatic heterocycles. The van der Waals surface area contributed by atoms with Crippen molar-refractivity contribution in [1.82, 2.24) is 10.2 Å². The number of hydrogen-bond acceptors (Lipinski definition) is 4. The third kappa shape index (κ3) is 5.54. The first-order valence-electron chi connectivity index (χ1n) is 8.93. The van der Waals surface area contributed by atoms with Gasteiger partial charge in [-0.05, 0) is 44.2 Å². The van der Waals surface area contributed by atoms with Crippen molar-refractivity contribution in [3.63, 3.8) is 0 Å². The lowest BCUT2D eigenvalue weighted by Crippen LogP contribution is -2.45. The normalized spacial score (nSPS) is 14.4. The molecule has 0 saturated heterocycles. The highest BCUT2D eigenvalue weighted by atomic mass is 16.5. The van der Waals surface area contributed by atoms with Gasteiger partial charge in [-0.2, -0.15) is 0 Å². The molecule has 0 radical (unpaired) electrons. The van der Waals surface area contributed by atoms with Crippen LogP contribution in [0, 0.1) is 5.92 Å². The van der Waals surface area contributed by atoms with Crippen LogP contribution in [-0.4, -0.2) is 48.8 Å². The number of urea groups is 1. The van der Waals surface area contributed by atoms with E-state index >= 15 is 0 Å². The SMILES string of the molecule is COc1ccc(CN(C(=O)NCCCC(=O)O)C(C)C2CC2)c(OC)c1. The number of methoxy groups -OCH3 is 2. The molecular weight excluding hydrogens is 336 g/mol. The van der Waals surface area contributed by atoms with Crippen molar-refractivity contribution in [2.75, 3.05) is 20.8 Å². The molecule has 2 N–H and O–H groups in total. The van der Waals surface area contributed by atoms with Crippen LogP contribution in [0.1, 0.15) is 38.2 Å². The first kappa shape index (κ1) is 19.9. The topological polar surface area (TPSA) is 88.1 Å². The third-order valence-electron chi connectivity index (χ3n) is 4.74. The molecular formula is C19H28N2O5. The van der Waals surface area contributed by atoms with Gasteiger partial charge in [0.15, 0.2) is 0 Å². The Morgan fingerprint density at radius 2 is 2.04 bits per heavy atom. The zero-order valence-corrected chi connectivity index (χ0v) is 15.7. The fraction of sp³-hybridized carbons (Fsp3) is 0.579. The molecule has 0 aliphatic heterocycles. The van der Waals surface area contributed by atoms with Crippen LogP contribution in [0.25, 0.3) is 0 Å². The Kier molecular flexibility index (Phi) is 7.12. The highest BCUT2D eigenvalue weighted by Crippen LogP contribution is 2.36. The summed E-state index contributed by atoms with van der Waals surface area (Å²) in [5.41, 5.74) is 0.904. The predicted molar refractivity (Wildman–Crippen MR) is 97.5 cm³/mol. The minimum absolute atomic E-state index is 0.0464. The number of aliphatic carboxylic acids is 1. The lowest BCUT2D eigenvalue weighted by atomic mass is 10.1. The minimum Gasteiger partial charge on any atom is -0.497 e. The summed E-state index contributed by atoms with van der Waals surface area (Å²) < 4.78 is 10.7. The van der Waals surface area contributed by atoms with Gasteiger partial charge in [0.05, 0.1) is 20.8 Å². The molecule has 0 bridgehead atoms. The molecule has 1 aromatic carbocycles. The lowest BCUT2D eigenvalue weighted by molar-refractivity contribution is -0.137. The number of ether oxygens (including phenoxy) is 2. The summed E-state index contributed by atoms with van der Waals surface area (Å²) in [6.07, 6.45) is 2.72. The molecule has 1 atom stereocenters. The summed E-state index contributed by atoms with van der Waals surface area (Å²) >= 11 is 0. The number of rotatable bonds is 10. The van der Waals surface area contributed by atoms with Crippen molar-refractivity contribution >= 4 is 12.0 Å². The number of benzene rings is 1. The Balaban J connectivity index is 2.07. The molecule has 2 rings (SSSR count). The average Bonchev–Trinajstić information content (AvgIpc) is 3.47. The third-order valence-corrected chi connectivity index (χ3v) is 4.74. The maximum Gasteiger partial charge on any atom is 0.317 e. The highest BCUT2D eigenvalue weighted by molar-refractivity contribution is 5.75. The summed E-state index contributed by atoms with van der Waals surface area (Å²) in [5.74, 6) is 1.04. The summed E-state index contributed by atoms with van der Waals surface area (Å²) in [7, 11) is 3.19. The molecule has 0 spiro atoms. The van der Waals surface area contributed by atoms with E-state index in [1.807, 2.05) is 17.0 Å². The standard InChI is InChI=1S/C19H28N2O5/c1-13(14-6-7-14)21(19(24)20-10-4-5-18(22)23)12-15-8-9-16(25-2)11-17(15)26-3/h8-9,11,13-14H,4-7,10,12H2,1-3H3,(H,20,24)(H,22,23). The van der Waals surface area contributed by atoms with E-state index in [9.17, 15) is 9.59 Å². The molecule has 1 aliphatic carbocycles. The lowest BCUT2D eigenvalue weighted by Gasteiger charge is -2.30. The van der Waals surface area contributed by atoms with Crippen LogP contribution in [0.5, 0.6) is 11.5 Å². The van der Waals surface area contributed by atoms with Crippen molar-refractivity contribution in [1.29, 1.82) is 0 Å². The maximum atomic E-state index is 12.7. The first-order chi connectivity index (χ1) is 12.5. The smallest absolute Gasteiger partial charge is 0.317 e. The van der Waals surface area contributed by atoms with E-state index in [0.29, 0.717) is 36.9 Å². The van der Waals surface area contributed by atoms with Gasteiger partial charge >= 0.3 is 12.0 Å². The number of carbonyl (C=O) groups excluding carboxylic acids is 1. The Bertz CT molecular complexity index is 630. The van der Waals surface area contributed by atoms with Gasteiger partial charge in [-0.25, -0.2) is 4.79 Å². The molecule has 7 nitrogen and oxygen atoms in total. The zero-order chi connectivity index (χ0) is 19.1. The largest absolute Gasteiger partial charge is 0.497 e. The van der Waals surface area contributed by atoms with E-state index in [1.54, 1.807) is 20.3 Å². The van der Waals surface area contributed by atoms with Crippen LogP contribution >= 0.6 is 0 Å². The fourth-order valence-corrected chi connectivity index (χ4v) is 2.94. The van der Waals surface area contributed by atoms with E-state index < -0.39 is 5.97 Å². The van der Waals surface area contributed by atoms with Crippen LogP contribution in [0.3, 0.4) is 0 Å². The van der Waals surface area contributed by atoms with E-state index in [1.165, 1.54) is 0 Å². The molecule has 1 fully saturated rings. The summed E-state index contributed by atoms with van der Waals surface area (Å²) in [4.78, 5) is 25.1. The van der Waals surface area contributed by atoms with Crippen LogP contribution in [0.2, 0.25) is 0 Å². The quantitative estimate of drug-likeness (QED) is 0.623. The number of nitrogens with one attached hydrogen (secondary N) is 1. The molecule has 1 saturated carbocycles. The van der Waals surface area contributed by atoms with E-state index in [-0.39, 0.29) is 18.5 Å². The predicted octanol–water partition coefficient (Wildman–Crippen LogP) is 2.88. The van der Waals surface area contributed by atoms with Crippen LogP contribution < -0.4 is 14.8 Å². The number of hydrogen-bond donors (Lipinski definition) is 2. The molecule has 0 heterocycles. The second-order valence-corrected chi connectivity index (χ2v) is 6.61. The minimum atomic E-state index is -0.856. The fourth-order valence-electron chi connectivity index (χ4n) is 2.94. The molecule has 1 aliphatic rings. The second kappa shape index (κ2) is 9.31.